The van der Waals surface area contributed by atoms with E-state index >= 15 is 0 Å². The van der Waals surface area contributed by atoms with E-state index in [0.29, 0.717) is 11.3 Å². The van der Waals surface area contributed by atoms with E-state index in [4.69, 9.17) is 0 Å². The van der Waals surface area contributed by atoms with Crippen molar-refractivity contribution in [1.29, 1.82) is 0 Å². The van der Waals surface area contributed by atoms with Crippen LogP contribution in [-0.4, -0.2) is 20.5 Å². The van der Waals surface area contributed by atoms with Gasteiger partial charge in [0.05, 0.1) is 21.9 Å². The number of rotatable bonds is 3. The molecule has 4 rings (SSSR count). The Labute approximate surface area is 177 Å². The first-order valence-corrected chi connectivity index (χ1v) is 9.61. The fourth-order valence-corrected chi connectivity index (χ4v) is 3.47. The Bertz CT molecular complexity index is 1270. The third-order valence-corrected chi connectivity index (χ3v) is 5.14. The number of aromatic nitrogens is 3. The molecule has 1 amide bonds. The molecule has 2 aromatic carbocycles. The van der Waals surface area contributed by atoms with Crippen LogP contribution in [0, 0.1) is 6.92 Å². The number of aryl methyl sites for hydroxylation is 1. The molecule has 5 nitrogen and oxygen atoms in total. The van der Waals surface area contributed by atoms with Crippen LogP contribution < -0.4 is 5.32 Å². The molecular weight excluding hydrogens is 461 g/mol. The van der Waals surface area contributed by atoms with Gasteiger partial charge in [-0.3, -0.25) is 4.79 Å². The smallest absolute Gasteiger partial charge is 0.322 e. The van der Waals surface area contributed by atoms with Crippen LogP contribution in [0.2, 0.25) is 0 Å². The molecule has 30 heavy (non-hydrogen) atoms. The molecule has 2 heterocycles. The van der Waals surface area contributed by atoms with Crippen molar-refractivity contribution >= 4 is 33.2 Å². The predicted octanol–water partition coefficient (Wildman–Crippen LogP) is 5.74. The molecule has 4 aromatic rings. The quantitative estimate of drug-likeness (QED) is 0.411. The molecule has 9 heteroatoms. The number of nitrogens with zero attached hydrogens (tertiary/aromatic N) is 3. The molecule has 1 N–H and O–H groups in total. The van der Waals surface area contributed by atoms with Gasteiger partial charge in [0.15, 0.2) is 5.65 Å². The number of carbonyl (C=O) groups excluding carboxylic acids is 1. The molecule has 0 bridgehead atoms. The molecule has 152 valence electrons. The van der Waals surface area contributed by atoms with Gasteiger partial charge in [-0.15, -0.1) is 0 Å². The number of halogens is 4. The van der Waals surface area contributed by atoms with E-state index in [-0.39, 0.29) is 11.1 Å². The summed E-state index contributed by atoms with van der Waals surface area (Å²) in [7, 11) is 0. The van der Waals surface area contributed by atoms with Gasteiger partial charge in [-0.05, 0) is 58.7 Å². The van der Waals surface area contributed by atoms with Crippen molar-refractivity contribution in [2.24, 2.45) is 0 Å². The molecule has 0 unspecified atom stereocenters. The molecular formula is C21H14BrF3N4O. The van der Waals surface area contributed by atoms with E-state index in [0.717, 1.165) is 21.8 Å². The maximum Gasteiger partial charge on any atom is 0.416 e. The number of benzene rings is 2. The molecule has 0 fully saturated rings. The van der Waals surface area contributed by atoms with Crippen LogP contribution in [0.1, 0.15) is 21.5 Å². The fraction of sp³-hybridized carbons (Fsp3) is 0.0952. The van der Waals surface area contributed by atoms with Gasteiger partial charge in [-0.1, -0.05) is 18.2 Å². The average molecular weight is 475 g/mol. The molecule has 0 aliphatic carbocycles. The minimum atomic E-state index is -4.52. The second-order valence-corrected chi connectivity index (χ2v) is 7.47. The highest BCUT2D eigenvalue weighted by Gasteiger charge is 2.33. The highest BCUT2D eigenvalue weighted by molar-refractivity contribution is 9.10. The third-order valence-electron chi connectivity index (χ3n) is 4.58. The van der Waals surface area contributed by atoms with Crippen LogP contribution in [0.25, 0.3) is 16.9 Å². The Hall–Kier alpha value is -3.20. The van der Waals surface area contributed by atoms with E-state index in [1.165, 1.54) is 19.1 Å². The number of nitrogens with one attached hydrogen (secondary N) is 1. The van der Waals surface area contributed by atoms with Gasteiger partial charge in [0, 0.05) is 23.0 Å². The summed E-state index contributed by atoms with van der Waals surface area (Å²) in [6.07, 6.45) is -1.24. The number of fused-ring (bicyclic) bond motifs is 1. The minimum Gasteiger partial charge on any atom is -0.322 e. The number of carbonyl (C=O) groups is 1. The second kappa shape index (κ2) is 7.56. The lowest BCUT2D eigenvalue weighted by molar-refractivity contribution is -0.138. The molecule has 0 aliphatic heterocycles. The van der Waals surface area contributed by atoms with Crippen LogP contribution >= 0.6 is 15.9 Å². The molecule has 0 saturated heterocycles. The standard InChI is InChI=1S/C21H14BrF3N4O/c1-12-5-6-14(10-16(12)21(23,24)25)20(30)28-15-4-2-3-13(9-15)18-7-8-26-19-17(22)11-27-29(18)19/h2-11H,1H3,(H,28,30). The van der Waals surface area contributed by atoms with Crippen LogP contribution in [0.15, 0.2) is 65.4 Å². The zero-order chi connectivity index (χ0) is 21.5. The first kappa shape index (κ1) is 20.1. The van der Waals surface area contributed by atoms with Crippen LogP contribution in [0.5, 0.6) is 0 Å². The summed E-state index contributed by atoms with van der Waals surface area (Å²) >= 11 is 3.39. The summed E-state index contributed by atoms with van der Waals surface area (Å²) in [6.45, 7) is 1.36. The van der Waals surface area contributed by atoms with Gasteiger partial charge >= 0.3 is 6.18 Å². The number of hydrogen-bond donors (Lipinski definition) is 1. The van der Waals surface area contributed by atoms with Crippen LogP contribution in [0.4, 0.5) is 18.9 Å². The molecule has 0 radical (unpaired) electrons. The van der Waals surface area contributed by atoms with Crippen molar-refractivity contribution in [3.8, 4) is 11.3 Å². The number of anilines is 1. The van der Waals surface area contributed by atoms with E-state index in [1.54, 1.807) is 41.2 Å². The molecule has 0 aliphatic rings. The topological polar surface area (TPSA) is 59.3 Å². The summed E-state index contributed by atoms with van der Waals surface area (Å²) in [6, 6.07) is 12.3. The van der Waals surface area contributed by atoms with Gasteiger partial charge in [0.1, 0.15) is 0 Å². The highest BCUT2D eigenvalue weighted by Crippen LogP contribution is 2.32. The molecule has 0 spiro atoms. The van der Waals surface area contributed by atoms with Crippen molar-refractivity contribution in [2.45, 2.75) is 13.1 Å². The molecule has 0 saturated carbocycles. The maximum absolute atomic E-state index is 13.1. The van der Waals surface area contributed by atoms with E-state index < -0.39 is 17.6 Å². The first-order valence-electron chi connectivity index (χ1n) is 8.82. The molecule has 2 aromatic heterocycles. The Morgan fingerprint density at radius 1 is 1.13 bits per heavy atom. The van der Waals surface area contributed by atoms with Crippen molar-refractivity contribution in [2.75, 3.05) is 5.32 Å². The molecule has 0 atom stereocenters. The Kier molecular flexibility index (Phi) is 5.07. The zero-order valence-electron chi connectivity index (χ0n) is 15.5. The van der Waals surface area contributed by atoms with Crippen molar-refractivity contribution in [1.82, 2.24) is 14.6 Å². The predicted molar refractivity (Wildman–Crippen MR) is 110 cm³/mol. The Morgan fingerprint density at radius 3 is 2.70 bits per heavy atom. The number of hydrogen-bond acceptors (Lipinski definition) is 3. The Balaban J connectivity index is 1.65. The van der Waals surface area contributed by atoms with Crippen LogP contribution in [-0.2, 0) is 6.18 Å². The first-order chi connectivity index (χ1) is 14.2. The number of amides is 1. The lowest BCUT2D eigenvalue weighted by atomic mass is 10.0. The number of alkyl halides is 3. The van der Waals surface area contributed by atoms with Crippen LogP contribution in [0.3, 0.4) is 0 Å². The monoisotopic (exact) mass is 474 g/mol. The summed E-state index contributed by atoms with van der Waals surface area (Å²) in [5.74, 6) is -0.626. The average Bonchev–Trinajstić information content (AvgIpc) is 3.09. The fourth-order valence-electron chi connectivity index (χ4n) is 3.11. The van der Waals surface area contributed by atoms with Crippen molar-refractivity contribution in [3.63, 3.8) is 0 Å². The largest absolute Gasteiger partial charge is 0.416 e. The van der Waals surface area contributed by atoms with Gasteiger partial charge in [-0.25, -0.2) is 9.50 Å². The van der Waals surface area contributed by atoms with Gasteiger partial charge in [0.25, 0.3) is 5.91 Å². The lowest BCUT2D eigenvalue weighted by Crippen LogP contribution is -2.15. The van der Waals surface area contributed by atoms with Crippen molar-refractivity contribution < 1.29 is 18.0 Å². The van der Waals surface area contributed by atoms with E-state index in [2.05, 4.69) is 31.3 Å². The van der Waals surface area contributed by atoms with Crippen molar-refractivity contribution in [3.05, 3.63) is 82.1 Å². The third kappa shape index (κ3) is 3.80. The highest BCUT2D eigenvalue weighted by atomic mass is 79.9. The summed E-state index contributed by atoms with van der Waals surface area (Å²) in [5, 5.41) is 6.95. The minimum absolute atomic E-state index is 0.0631. The van der Waals surface area contributed by atoms with Gasteiger partial charge in [0.2, 0.25) is 0 Å². The second-order valence-electron chi connectivity index (χ2n) is 6.62. The summed E-state index contributed by atoms with van der Waals surface area (Å²) in [4.78, 5) is 16.8. The zero-order valence-corrected chi connectivity index (χ0v) is 17.1. The van der Waals surface area contributed by atoms with E-state index in [9.17, 15) is 18.0 Å². The Morgan fingerprint density at radius 2 is 1.93 bits per heavy atom. The summed E-state index contributed by atoms with van der Waals surface area (Å²) < 4.78 is 41.8. The van der Waals surface area contributed by atoms with Gasteiger partial charge in [-0.2, -0.15) is 18.3 Å². The SMILES string of the molecule is Cc1ccc(C(=O)Nc2cccc(-c3ccnc4c(Br)cnn34)c2)cc1C(F)(F)F. The van der Waals surface area contributed by atoms with E-state index in [1.807, 2.05) is 6.07 Å². The lowest BCUT2D eigenvalue weighted by Gasteiger charge is -2.13. The normalized spacial score (nSPS) is 11.6. The maximum atomic E-state index is 13.1. The summed E-state index contributed by atoms with van der Waals surface area (Å²) in [5.41, 5.74) is 1.76. The van der Waals surface area contributed by atoms with Gasteiger partial charge < -0.3 is 5.32 Å².